The number of aromatic amines is 1. The number of pyridine rings is 2. The number of benzene rings is 2. The van der Waals surface area contributed by atoms with E-state index in [1.54, 1.807) is 6.20 Å². The summed E-state index contributed by atoms with van der Waals surface area (Å²) < 4.78 is 2.00. The smallest absolute Gasteiger partial charge is 0.253 e. The number of aromatic nitrogens is 6. The van der Waals surface area contributed by atoms with E-state index in [1.807, 2.05) is 41.2 Å². The van der Waals surface area contributed by atoms with Crippen LogP contribution in [0.25, 0.3) is 10.9 Å². The van der Waals surface area contributed by atoms with E-state index < -0.39 is 6.04 Å². The first-order valence-electron chi connectivity index (χ1n) is 14.2. The molecule has 1 fully saturated rings. The highest BCUT2D eigenvalue weighted by atomic mass is 16.1. The zero-order valence-corrected chi connectivity index (χ0v) is 23.1. The maximum Gasteiger partial charge on any atom is 0.253 e. The summed E-state index contributed by atoms with van der Waals surface area (Å²) in [6.45, 7) is 5.34. The van der Waals surface area contributed by atoms with Crippen molar-refractivity contribution in [1.82, 2.24) is 35.1 Å². The van der Waals surface area contributed by atoms with Gasteiger partial charge in [-0.3, -0.25) is 14.7 Å². The molecule has 0 bridgehead atoms. The Kier molecular flexibility index (Phi) is 7.51. The van der Waals surface area contributed by atoms with Gasteiger partial charge in [-0.1, -0.05) is 61.7 Å². The molecule has 6 rings (SSSR count). The topological polar surface area (TPSA) is 92.6 Å². The van der Waals surface area contributed by atoms with Gasteiger partial charge in [0.25, 0.3) is 5.56 Å². The number of aryl methyl sites for hydroxylation is 2. The third kappa shape index (κ3) is 5.45. The third-order valence-electron chi connectivity index (χ3n) is 8.02. The maximum absolute atomic E-state index is 13.9. The molecule has 3 aromatic heterocycles. The second-order valence-electron chi connectivity index (χ2n) is 11.0. The Labute approximate surface area is 234 Å². The summed E-state index contributed by atoms with van der Waals surface area (Å²) in [6.07, 6.45) is 9.31. The highest BCUT2D eigenvalue weighted by Crippen LogP contribution is 2.35. The number of nitrogens with one attached hydrogen (secondary N) is 1. The monoisotopic (exact) mass is 533 g/mol. The fourth-order valence-corrected chi connectivity index (χ4v) is 6.14. The molecule has 0 unspecified atom stereocenters. The molecule has 3 heterocycles. The number of hydrogen-bond donors (Lipinski definition) is 1. The Morgan fingerprint density at radius 3 is 2.52 bits per heavy atom. The Balaban J connectivity index is 1.55. The van der Waals surface area contributed by atoms with E-state index in [9.17, 15) is 4.79 Å². The van der Waals surface area contributed by atoms with Gasteiger partial charge in [0, 0.05) is 41.9 Å². The second-order valence-corrected chi connectivity index (χ2v) is 11.0. The van der Waals surface area contributed by atoms with E-state index >= 15 is 0 Å². The van der Waals surface area contributed by atoms with E-state index in [0.717, 1.165) is 58.8 Å². The van der Waals surface area contributed by atoms with Crippen LogP contribution in [0.3, 0.4) is 0 Å². The van der Waals surface area contributed by atoms with Gasteiger partial charge in [0.15, 0.2) is 5.82 Å². The molecule has 2 aromatic carbocycles. The fraction of sp³-hybridized carbons (Fsp3) is 0.344. The number of rotatable bonds is 8. The molecule has 1 aliphatic rings. The minimum Gasteiger partial charge on any atom is -0.322 e. The standard InChI is InChI=1S/C32H35N7O/c1-22-16-23(2)27-18-28(32(40)34-29(27)17-22)30(31-35-36-37-39(31)26-13-7-4-8-14-26)38(20-24-10-5-3-6-11-24)21-25-12-9-15-33-19-25/h3,5-6,9-12,15-19,26,30H,4,7-8,13-14,20-21H2,1-2H3,(H,34,40)/t30-/m1/s1. The molecule has 1 atom stereocenters. The van der Waals surface area contributed by atoms with Gasteiger partial charge in [-0.15, -0.1) is 5.10 Å². The Morgan fingerprint density at radius 1 is 0.975 bits per heavy atom. The second kappa shape index (κ2) is 11.5. The van der Waals surface area contributed by atoms with Gasteiger partial charge >= 0.3 is 0 Å². The molecule has 0 spiro atoms. The molecular formula is C32H35N7O. The van der Waals surface area contributed by atoms with E-state index in [-0.39, 0.29) is 11.6 Å². The molecule has 0 saturated heterocycles. The van der Waals surface area contributed by atoms with Crippen LogP contribution >= 0.6 is 0 Å². The van der Waals surface area contributed by atoms with Gasteiger partial charge in [-0.2, -0.15) is 0 Å². The highest BCUT2D eigenvalue weighted by molar-refractivity contribution is 5.83. The quantitative estimate of drug-likeness (QED) is 0.270. The predicted molar refractivity (Wildman–Crippen MR) is 156 cm³/mol. The molecular weight excluding hydrogens is 498 g/mol. The minimum atomic E-state index is -0.466. The number of H-pyrrole nitrogens is 1. The van der Waals surface area contributed by atoms with E-state index in [1.165, 1.54) is 6.42 Å². The van der Waals surface area contributed by atoms with Gasteiger partial charge in [0.1, 0.15) is 6.04 Å². The Morgan fingerprint density at radius 2 is 1.75 bits per heavy atom. The SMILES string of the molecule is Cc1cc(C)c2cc([C@H](c3nnnn3C3CCCCC3)N(Cc3ccccc3)Cc3cccnc3)c(=O)[nH]c2c1. The zero-order chi connectivity index (χ0) is 27.5. The average Bonchev–Trinajstić information content (AvgIpc) is 3.45. The molecule has 0 aliphatic heterocycles. The van der Waals surface area contributed by atoms with Crippen LogP contribution in [0.4, 0.5) is 0 Å². The Bertz CT molecular complexity index is 1600. The predicted octanol–water partition coefficient (Wildman–Crippen LogP) is 5.82. The highest BCUT2D eigenvalue weighted by Gasteiger charge is 2.33. The number of fused-ring (bicyclic) bond motifs is 1. The van der Waals surface area contributed by atoms with Crippen LogP contribution in [-0.4, -0.2) is 35.1 Å². The van der Waals surface area contributed by atoms with Crippen molar-refractivity contribution in [2.75, 3.05) is 0 Å². The van der Waals surface area contributed by atoms with E-state index in [4.69, 9.17) is 0 Å². The fourth-order valence-electron chi connectivity index (χ4n) is 6.14. The number of tetrazole rings is 1. The van der Waals surface area contributed by atoms with Gasteiger partial charge in [-0.25, -0.2) is 4.68 Å². The number of nitrogens with zero attached hydrogens (tertiary/aromatic N) is 6. The van der Waals surface area contributed by atoms with Gasteiger partial charge < -0.3 is 4.98 Å². The first-order chi connectivity index (χ1) is 19.6. The van der Waals surface area contributed by atoms with Crippen LogP contribution in [0.2, 0.25) is 0 Å². The lowest BCUT2D eigenvalue weighted by molar-refractivity contribution is 0.186. The van der Waals surface area contributed by atoms with Crippen molar-refractivity contribution in [3.05, 3.63) is 117 Å². The maximum atomic E-state index is 13.9. The molecule has 1 N–H and O–H groups in total. The molecule has 40 heavy (non-hydrogen) atoms. The summed E-state index contributed by atoms with van der Waals surface area (Å²) in [5, 5.41) is 14.3. The molecule has 0 radical (unpaired) electrons. The molecule has 8 nitrogen and oxygen atoms in total. The van der Waals surface area contributed by atoms with Crippen molar-refractivity contribution in [3.63, 3.8) is 0 Å². The molecule has 8 heteroatoms. The van der Waals surface area contributed by atoms with E-state index in [0.29, 0.717) is 24.5 Å². The summed E-state index contributed by atoms with van der Waals surface area (Å²) in [5.41, 5.74) is 5.82. The van der Waals surface area contributed by atoms with Crippen molar-refractivity contribution in [2.24, 2.45) is 0 Å². The van der Waals surface area contributed by atoms with Crippen molar-refractivity contribution in [2.45, 2.75) is 71.1 Å². The molecule has 204 valence electrons. The summed E-state index contributed by atoms with van der Waals surface area (Å²) >= 11 is 0. The zero-order valence-electron chi connectivity index (χ0n) is 23.1. The van der Waals surface area contributed by atoms with Gasteiger partial charge in [0.05, 0.1) is 6.04 Å². The molecule has 5 aromatic rings. The summed E-state index contributed by atoms with van der Waals surface area (Å²) in [7, 11) is 0. The summed E-state index contributed by atoms with van der Waals surface area (Å²) in [5.74, 6) is 0.710. The first-order valence-corrected chi connectivity index (χ1v) is 14.2. The third-order valence-corrected chi connectivity index (χ3v) is 8.02. The largest absolute Gasteiger partial charge is 0.322 e. The minimum absolute atomic E-state index is 0.120. The van der Waals surface area contributed by atoms with Crippen molar-refractivity contribution < 1.29 is 0 Å². The Hall–Kier alpha value is -4.17. The summed E-state index contributed by atoms with van der Waals surface area (Å²) in [4.78, 5) is 23.8. The lowest BCUT2D eigenvalue weighted by Gasteiger charge is -2.32. The summed E-state index contributed by atoms with van der Waals surface area (Å²) in [6, 6.07) is 20.4. The first kappa shape index (κ1) is 26.1. The molecule has 1 saturated carbocycles. The molecule has 0 amide bonds. The molecule has 1 aliphatic carbocycles. The average molecular weight is 534 g/mol. The van der Waals surface area contributed by atoms with Crippen molar-refractivity contribution in [1.29, 1.82) is 0 Å². The van der Waals surface area contributed by atoms with Crippen LogP contribution in [-0.2, 0) is 13.1 Å². The lowest BCUT2D eigenvalue weighted by atomic mass is 9.94. The van der Waals surface area contributed by atoms with Crippen molar-refractivity contribution in [3.8, 4) is 0 Å². The lowest BCUT2D eigenvalue weighted by Crippen LogP contribution is -2.35. The van der Waals surface area contributed by atoms with Gasteiger partial charge in [-0.05, 0) is 77.6 Å². The van der Waals surface area contributed by atoms with Gasteiger partial charge in [0.2, 0.25) is 0 Å². The van der Waals surface area contributed by atoms with Crippen LogP contribution in [0.1, 0.15) is 77.8 Å². The normalized spacial score (nSPS) is 15.1. The van der Waals surface area contributed by atoms with Crippen LogP contribution in [0.5, 0.6) is 0 Å². The van der Waals surface area contributed by atoms with Crippen molar-refractivity contribution >= 4 is 10.9 Å². The van der Waals surface area contributed by atoms with E-state index in [2.05, 4.69) is 74.6 Å². The number of hydrogen-bond acceptors (Lipinski definition) is 6. The van der Waals surface area contributed by atoms with Crippen LogP contribution < -0.4 is 5.56 Å². The van der Waals surface area contributed by atoms with Crippen LogP contribution in [0.15, 0.2) is 77.9 Å². The van der Waals surface area contributed by atoms with Crippen LogP contribution in [0, 0.1) is 13.8 Å².